The monoisotopic (exact) mass is 256 g/mol. The van der Waals surface area contributed by atoms with Crippen molar-refractivity contribution >= 4 is 18.2 Å². The number of carbonyl (C=O) groups is 3. The molecule has 1 unspecified atom stereocenters. The first-order valence-electron chi connectivity index (χ1n) is 6.06. The number of aliphatic carboxylic acids is 1. The fraction of sp³-hybridized carbons (Fsp3) is 0.750. The van der Waals surface area contributed by atoms with Crippen LogP contribution in [-0.4, -0.2) is 52.8 Å². The van der Waals surface area contributed by atoms with Gasteiger partial charge in [0.25, 0.3) is 0 Å². The van der Waals surface area contributed by atoms with Gasteiger partial charge in [-0.05, 0) is 33.2 Å². The molecule has 0 aromatic rings. The van der Waals surface area contributed by atoms with Crippen molar-refractivity contribution in [3.63, 3.8) is 0 Å². The van der Waals surface area contributed by atoms with Gasteiger partial charge in [-0.15, -0.1) is 0 Å². The van der Waals surface area contributed by atoms with Crippen LogP contribution in [0.2, 0.25) is 0 Å². The van der Waals surface area contributed by atoms with Gasteiger partial charge in [-0.2, -0.15) is 0 Å². The molecular formula is C12H20N2O4. The van der Waals surface area contributed by atoms with Crippen molar-refractivity contribution in [1.82, 2.24) is 10.2 Å². The third-order valence-electron chi connectivity index (χ3n) is 3.34. The molecule has 2 N–H and O–H groups in total. The standard InChI is InChI=1S/C12H20N2O4/c1-12(2)6-9(16)7-14(12)5-3-4-10(11(17)18)13-8-15/h8,10H,3-7H2,1-2H3,(H,13,15)(H,17,18). The quantitative estimate of drug-likeness (QED) is 0.627. The highest BCUT2D eigenvalue weighted by molar-refractivity contribution is 5.84. The van der Waals surface area contributed by atoms with Crippen molar-refractivity contribution in [2.24, 2.45) is 0 Å². The van der Waals surface area contributed by atoms with Gasteiger partial charge in [0.1, 0.15) is 11.8 Å². The Morgan fingerprint density at radius 1 is 1.61 bits per heavy atom. The average Bonchev–Trinajstić information content (AvgIpc) is 2.50. The Labute approximate surface area is 106 Å². The summed E-state index contributed by atoms with van der Waals surface area (Å²) >= 11 is 0. The molecule has 1 rings (SSSR count). The van der Waals surface area contributed by atoms with Crippen LogP contribution in [0.1, 0.15) is 33.1 Å². The number of likely N-dealkylation sites (tertiary alicyclic amines) is 1. The number of carboxylic acids is 1. The van der Waals surface area contributed by atoms with Gasteiger partial charge < -0.3 is 10.4 Å². The maximum atomic E-state index is 11.4. The molecule has 6 nitrogen and oxygen atoms in total. The topological polar surface area (TPSA) is 86.7 Å². The van der Waals surface area contributed by atoms with Crippen molar-refractivity contribution < 1.29 is 19.5 Å². The first kappa shape index (κ1) is 14.6. The van der Waals surface area contributed by atoms with Gasteiger partial charge in [-0.25, -0.2) is 4.79 Å². The lowest BCUT2D eigenvalue weighted by Gasteiger charge is -2.30. The van der Waals surface area contributed by atoms with Crippen molar-refractivity contribution in [2.45, 2.75) is 44.7 Å². The molecule has 1 atom stereocenters. The van der Waals surface area contributed by atoms with E-state index in [-0.39, 0.29) is 11.3 Å². The molecule has 1 fully saturated rings. The third-order valence-corrected chi connectivity index (χ3v) is 3.34. The predicted molar refractivity (Wildman–Crippen MR) is 65.1 cm³/mol. The van der Waals surface area contributed by atoms with Crippen molar-refractivity contribution in [3.8, 4) is 0 Å². The average molecular weight is 256 g/mol. The SMILES string of the molecule is CC1(C)CC(=O)CN1CCCC(NC=O)C(=O)O. The van der Waals surface area contributed by atoms with Crippen LogP contribution in [0.15, 0.2) is 0 Å². The van der Waals surface area contributed by atoms with Gasteiger partial charge in [0, 0.05) is 12.0 Å². The summed E-state index contributed by atoms with van der Waals surface area (Å²) in [5, 5.41) is 11.1. The fourth-order valence-corrected chi connectivity index (χ4v) is 2.31. The number of nitrogens with zero attached hydrogens (tertiary/aromatic N) is 1. The lowest BCUT2D eigenvalue weighted by Crippen LogP contribution is -2.40. The number of hydrogen-bond acceptors (Lipinski definition) is 4. The summed E-state index contributed by atoms with van der Waals surface area (Å²) in [6.07, 6.45) is 1.95. The second-order valence-corrected chi connectivity index (χ2v) is 5.27. The number of amides is 1. The predicted octanol–water partition coefficient (Wildman–Crippen LogP) is 0.0192. The molecule has 6 heteroatoms. The van der Waals surface area contributed by atoms with Gasteiger partial charge in [0.05, 0.1) is 6.54 Å². The van der Waals surface area contributed by atoms with E-state index < -0.39 is 12.0 Å². The van der Waals surface area contributed by atoms with Crippen molar-refractivity contribution in [2.75, 3.05) is 13.1 Å². The van der Waals surface area contributed by atoms with Gasteiger partial charge >= 0.3 is 5.97 Å². The molecule has 0 aromatic heterocycles. The fourth-order valence-electron chi connectivity index (χ4n) is 2.31. The van der Waals surface area contributed by atoms with Gasteiger partial charge in [-0.1, -0.05) is 0 Å². The summed E-state index contributed by atoms with van der Waals surface area (Å²) in [6, 6.07) is -0.844. The Morgan fingerprint density at radius 2 is 2.28 bits per heavy atom. The van der Waals surface area contributed by atoms with Gasteiger partial charge in [-0.3, -0.25) is 14.5 Å². The lowest BCUT2D eigenvalue weighted by atomic mass is 10.0. The zero-order valence-corrected chi connectivity index (χ0v) is 10.8. The van der Waals surface area contributed by atoms with Crippen LogP contribution in [-0.2, 0) is 14.4 Å². The summed E-state index contributed by atoms with van der Waals surface area (Å²) in [7, 11) is 0. The van der Waals surface area contributed by atoms with Crippen LogP contribution in [0.4, 0.5) is 0 Å². The molecular weight excluding hydrogens is 236 g/mol. The van der Waals surface area contributed by atoms with Crippen LogP contribution in [0, 0.1) is 0 Å². The van der Waals surface area contributed by atoms with E-state index in [1.807, 2.05) is 13.8 Å². The molecule has 1 saturated heterocycles. The Hall–Kier alpha value is -1.43. The van der Waals surface area contributed by atoms with E-state index in [1.54, 1.807) is 0 Å². The molecule has 0 spiro atoms. The van der Waals surface area contributed by atoms with E-state index in [0.717, 1.165) is 0 Å². The summed E-state index contributed by atoms with van der Waals surface area (Å²) < 4.78 is 0. The van der Waals surface area contributed by atoms with E-state index >= 15 is 0 Å². The highest BCUT2D eigenvalue weighted by Crippen LogP contribution is 2.26. The highest BCUT2D eigenvalue weighted by atomic mass is 16.4. The molecule has 1 aliphatic heterocycles. The van der Waals surface area contributed by atoms with Crippen LogP contribution < -0.4 is 5.32 Å². The highest BCUT2D eigenvalue weighted by Gasteiger charge is 2.36. The van der Waals surface area contributed by atoms with E-state index in [0.29, 0.717) is 38.8 Å². The number of nitrogens with one attached hydrogen (secondary N) is 1. The minimum absolute atomic E-state index is 0.145. The summed E-state index contributed by atoms with van der Waals surface area (Å²) in [5.41, 5.74) is -0.145. The first-order chi connectivity index (χ1) is 8.36. The number of rotatable bonds is 7. The van der Waals surface area contributed by atoms with Crippen LogP contribution in [0.25, 0.3) is 0 Å². The van der Waals surface area contributed by atoms with Crippen LogP contribution in [0.3, 0.4) is 0 Å². The lowest BCUT2D eigenvalue weighted by molar-refractivity contribution is -0.140. The molecule has 1 heterocycles. The summed E-state index contributed by atoms with van der Waals surface area (Å²) in [6.45, 7) is 5.13. The molecule has 0 bridgehead atoms. The smallest absolute Gasteiger partial charge is 0.326 e. The van der Waals surface area contributed by atoms with Crippen molar-refractivity contribution in [1.29, 1.82) is 0 Å². The zero-order chi connectivity index (χ0) is 13.8. The Bertz CT molecular complexity index is 341. The summed E-state index contributed by atoms with van der Waals surface area (Å²) in [4.78, 5) is 34.5. The molecule has 0 saturated carbocycles. The molecule has 0 radical (unpaired) electrons. The number of carboxylic acid groups (broad SMARTS) is 1. The Morgan fingerprint density at radius 3 is 2.72 bits per heavy atom. The molecule has 18 heavy (non-hydrogen) atoms. The maximum absolute atomic E-state index is 11.4. The van der Waals surface area contributed by atoms with E-state index in [9.17, 15) is 14.4 Å². The first-order valence-corrected chi connectivity index (χ1v) is 6.06. The Balaban J connectivity index is 2.39. The number of Topliss-reactive ketones (excluding diaryl/α,β-unsaturated/α-hetero) is 1. The number of carbonyl (C=O) groups excluding carboxylic acids is 2. The van der Waals surface area contributed by atoms with Crippen LogP contribution in [0.5, 0.6) is 0 Å². The normalized spacial score (nSPS) is 20.7. The molecule has 1 amide bonds. The molecule has 102 valence electrons. The van der Waals surface area contributed by atoms with E-state index in [1.165, 1.54) is 0 Å². The van der Waals surface area contributed by atoms with Crippen molar-refractivity contribution in [3.05, 3.63) is 0 Å². The van der Waals surface area contributed by atoms with Gasteiger partial charge in [0.2, 0.25) is 6.41 Å². The molecule has 0 aromatic carbocycles. The third kappa shape index (κ3) is 3.80. The maximum Gasteiger partial charge on any atom is 0.326 e. The number of ketones is 1. The zero-order valence-electron chi connectivity index (χ0n) is 10.8. The van der Waals surface area contributed by atoms with E-state index in [4.69, 9.17) is 5.11 Å². The second-order valence-electron chi connectivity index (χ2n) is 5.27. The Kier molecular flexibility index (Phi) is 4.84. The van der Waals surface area contributed by atoms with Crippen LogP contribution >= 0.6 is 0 Å². The minimum atomic E-state index is -1.03. The number of hydrogen-bond donors (Lipinski definition) is 2. The largest absolute Gasteiger partial charge is 0.480 e. The minimum Gasteiger partial charge on any atom is -0.480 e. The van der Waals surface area contributed by atoms with E-state index in [2.05, 4.69) is 10.2 Å². The molecule has 0 aliphatic carbocycles. The second kappa shape index (κ2) is 5.95. The summed E-state index contributed by atoms with van der Waals surface area (Å²) in [5.74, 6) is -0.806. The van der Waals surface area contributed by atoms with Gasteiger partial charge in [0.15, 0.2) is 0 Å². The molecule has 1 aliphatic rings.